The van der Waals surface area contributed by atoms with Crippen LogP contribution >= 0.6 is 15.9 Å². The van der Waals surface area contributed by atoms with Crippen LogP contribution in [0.3, 0.4) is 0 Å². The average Bonchev–Trinajstić information content (AvgIpc) is 2.17. The summed E-state index contributed by atoms with van der Waals surface area (Å²) in [7, 11) is 0. The second-order valence-electron chi connectivity index (χ2n) is 3.58. The van der Waals surface area contributed by atoms with Crippen molar-refractivity contribution in [2.45, 2.75) is 25.9 Å². The van der Waals surface area contributed by atoms with Crippen LogP contribution in [-0.4, -0.2) is 6.04 Å². The maximum Gasteiger partial charge on any atom is 0.129 e. The van der Waals surface area contributed by atoms with E-state index in [2.05, 4.69) is 27.8 Å². The van der Waals surface area contributed by atoms with Gasteiger partial charge in [-0.15, -0.1) is 6.58 Å². The van der Waals surface area contributed by atoms with E-state index < -0.39 is 0 Å². The predicted octanol–water partition coefficient (Wildman–Crippen LogP) is 3.81. The van der Waals surface area contributed by atoms with Crippen molar-refractivity contribution in [1.29, 1.82) is 0 Å². The first kappa shape index (κ1) is 12.4. The molecule has 0 amide bonds. The molecular formula is C12H15BrFN. The van der Waals surface area contributed by atoms with Crippen LogP contribution in [-0.2, 0) is 0 Å². The van der Waals surface area contributed by atoms with Gasteiger partial charge >= 0.3 is 0 Å². The molecule has 0 spiro atoms. The second-order valence-corrected chi connectivity index (χ2v) is 4.49. The highest BCUT2D eigenvalue weighted by atomic mass is 79.9. The summed E-state index contributed by atoms with van der Waals surface area (Å²) in [5, 5.41) is 3.23. The van der Waals surface area contributed by atoms with Crippen molar-refractivity contribution >= 4 is 15.9 Å². The van der Waals surface area contributed by atoms with Crippen molar-refractivity contribution in [1.82, 2.24) is 5.32 Å². The van der Waals surface area contributed by atoms with Gasteiger partial charge in [0.05, 0.1) is 0 Å². The highest BCUT2D eigenvalue weighted by molar-refractivity contribution is 9.10. The molecule has 1 rings (SSSR count). The second kappa shape index (κ2) is 5.42. The molecule has 0 aliphatic rings. The smallest absolute Gasteiger partial charge is 0.129 e. The lowest BCUT2D eigenvalue weighted by Crippen LogP contribution is -2.27. The monoisotopic (exact) mass is 271 g/mol. The molecule has 2 unspecified atom stereocenters. The van der Waals surface area contributed by atoms with Gasteiger partial charge in [-0.3, -0.25) is 0 Å². The zero-order valence-corrected chi connectivity index (χ0v) is 10.5. The first-order valence-electron chi connectivity index (χ1n) is 4.88. The molecule has 0 aliphatic heterocycles. The lowest BCUT2D eigenvalue weighted by Gasteiger charge is -2.18. The Morgan fingerprint density at radius 1 is 1.47 bits per heavy atom. The number of nitrogens with one attached hydrogen (secondary N) is 1. The van der Waals surface area contributed by atoms with Gasteiger partial charge in [-0.25, -0.2) is 4.39 Å². The van der Waals surface area contributed by atoms with Gasteiger partial charge in [0, 0.05) is 22.1 Å². The van der Waals surface area contributed by atoms with Crippen molar-refractivity contribution in [2.75, 3.05) is 0 Å². The van der Waals surface area contributed by atoms with Gasteiger partial charge in [0.25, 0.3) is 0 Å². The summed E-state index contributed by atoms with van der Waals surface area (Å²) in [6.07, 6.45) is 1.80. The molecule has 0 saturated carbocycles. The van der Waals surface area contributed by atoms with E-state index in [0.29, 0.717) is 5.56 Å². The maximum atomic E-state index is 13.6. The molecule has 0 fully saturated rings. The van der Waals surface area contributed by atoms with Crippen molar-refractivity contribution < 1.29 is 4.39 Å². The maximum absolute atomic E-state index is 13.6. The highest BCUT2D eigenvalue weighted by Crippen LogP contribution is 2.21. The van der Waals surface area contributed by atoms with E-state index in [-0.39, 0.29) is 17.9 Å². The van der Waals surface area contributed by atoms with Crippen LogP contribution in [0.25, 0.3) is 0 Å². The van der Waals surface area contributed by atoms with Gasteiger partial charge in [0.1, 0.15) is 5.82 Å². The lowest BCUT2D eigenvalue weighted by atomic mass is 10.1. The van der Waals surface area contributed by atoms with Gasteiger partial charge in [-0.1, -0.05) is 28.1 Å². The molecule has 82 valence electrons. The van der Waals surface area contributed by atoms with Crippen molar-refractivity contribution in [3.63, 3.8) is 0 Å². The van der Waals surface area contributed by atoms with Crippen LogP contribution in [0.2, 0.25) is 0 Å². The number of benzene rings is 1. The molecule has 0 bridgehead atoms. The van der Waals surface area contributed by atoms with Crippen molar-refractivity contribution in [3.8, 4) is 0 Å². The topological polar surface area (TPSA) is 12.0 Å². The summed E-state index contributed by atoms with van der Waals surface area (Å²) in [4.78, 5) is 0. The number of halogens is 2. The minimum Gasteiger partial charge on any atom is -0.304 e. The predicted molar refractivity (Wildman–Crippen MR) is 65.3 cm³/mol. The fraction of sp³-hybridized carbons (Fsp3) is 0.333. The number of rotatable bonds is 4. The van der Waals surface area contributed by atoms with Crippen LogP contribution in [0.15, 0.2) is 35.3 Å². The fourth-order valence-corrected chi connectivity index (χ4v) is 1.74. The molecule has 1 nitrogen and oxygen atoms in total. The van der Waals surface area contributed by atoms with E-state index in [1.165, 1.54) is 6.07 Å². The zero-order valence-electron chi connectivity index (χ0n) is 8.93. The summed E-state index contributed by atoms with van der Waals surface area (Å²) in [6, 6.07) is 5.25. The van der Waals surface area contributed by atoms with Gasteiger partial charge in [0.15, 0.2) is 0 Å². The number of hydrogen-bond donors (Lipinski definition) is 1. The highest BCUT2D eigenvalue weighted by Gasteiger charge is 2.11. The third-order valence-electron chi connectivity index (χ3n) is 2.30. The minimum absolute atomic E-state index is 0.0221. The van der Waals surface area contributed by atoms with Crippen molar-refractivity contribution in [3.05, 3.63) is 46.7 Å². The Labute approximate surface area is 98.5 Å². The molecule has 1 aromatic carbocycles. The molecular weight excluding hydrogens is 257 g/mol. The summed E-state index contributed by atoms with van der Waals surface area (Å²) < 4.78 is 14.3. The zero-order chi connectivity index (χ0) is 11.4. The van der Waals surface area contributed by atoms with Gasteiger partial charge in [0.2, 0.25) is 0 Å². The summed E-state index contributed by atoms with van der Waals surface area (Å²) >= 11 is 3.23. The summed E-state index contributed by atoms with van der Waals surface area (Å²) in [5.74, 6) is -0.194. The quantitative estimate of drug-likeness (QED) is 0.822. The van der Waals surface area contributed by atoms with Crippen LogP contribution in [0.4, 0.5) is 4.39 Å². The van der Waals surface area contributed by atoms with E-state index in [0.717, 1.165) is 4.47 Å². The summed E-state index contributed by atoms with van der Waals surface area (Å²) in [6.45, 7) is 7.60. The third-order valence-corrected chi connectivity index (χ3v) is 2.79. The van der Waals surface area contributed by atoms with Crippen LogP contribution in [0, 0.1) is 5.82 Å². The van der Waals surface area contributed by atoms with E-state index in [1.807, 2.05) is 19.9 Å². The first-order chi connectivity index (χ1) is 7.04. The van der Waals surface area contributed by atoms with Gasteiger partial charge in [-0.2, -0.15) is 0 Å². The average molecular weight is 272 g/mol. The normalized spacial score (nSPS) is 14.7. The Morgan fingerprint density at radius 2 is 2.13 bits per heavy atom. The molecule has 1 N–H and O–H groups in total. The molecule has 3 heteroatoms. The Bertz CT molecular complexity index is 351. The Balaban J connectivity index is 2.81. The SMILES string of the molecule is C=CC(C)NC(C)c1ccc(Br)cc1F. The summed E-state index contributed by atoms with van der Waals surface area (Å²) in [5.41, 5.74) is 0.673. The molecule has 0 heterocycles. The number of hydrogen-bond acceptors (Lipinski definition) is 1. The van der Waals surface area contributed by atoms with Crippen molar-refractivity contribution in [2.24, 2.45) is 0 Å². The Hall–Kier alpha value is -0.670. The Morgan fingerprint density at radius 3 is 2.67 bits per heavy atom. The molecule has 1 aromatic rings. The molecule has 0 radical (unpaired) electrons. The van der Waals surface area contributed by atoms with Gasteiger partial charge < -0.3 is 5.32 Å². The van der Waals surface area contributed by atoms with E-state index in [4.69, 9.17) is 0 Å². The molecule has 0 aromatic heterocycles. The standard InChI is InChI=1S/C12H15BrFN/c1-4-8(2)15-9(3)11-6-5-10(13)7-12(11)14/h4-9,15H,1H2,2-3H3. The van der Waals surface area contributed by atoms with E-state index >= 15 is 0 Å². The first-order valence-corrected chi connectivity index (χ1v) is 5.67. The molecule has 0 saturated heterocycles. The molecule has 2 atom stereocenters. The Kier molecular flexibility index (Phi) is 4.48. The molecule has 15 heavy (non-hydrogen) atoms. The van der Waals surface area contributed by atoms with E-state index in [1.54, 1.807) is 12.1 Å². The van der Waals surface area contributed by atoms with Crippen LogP contribution in [0.1, 0.15) is 25.5 Å². The largest absolute Gasteiger partial charge is 0.304 e. The van der Waals surface area contributed by atoms with Crippen LogP contribution < -0.4 is 5.32 Å². The van der Waals surface area contributed by atoms with E-state index in [9.17, 15) is 4.39 Å². The fourth-order valence-electron chi connectivity index (χ4n) is 1.40. The van der Waals surface area contributed by atoms with Gasteiger partial charge in [-0.05, 0) is 26.0 Å². The molecule has 0 aliphatic carbocycles. The third kappa shape index (κ3) is 3.43. The lowest BCUT2D eigenvalue weighted by molar-refractivity contribution is 0.505. The van der Waals surface area contributed by atoms with Crippen LogP contribution in [0.5, 0.6) is 0 Å². The minimum atomic E-state index is -0.194.